The summed E-state index contributed by atoms with van der Waals surface area (Å²) in [6.07, 6.45) is 1.59. The van der Waals surface area contributed by atoms with Gasteiger partial charge >= 0.3 is 6.03 Å². The lowest BCUT2D eigenvalue weighted by molar-refractivity contribution is 0.217. The Morgan fingerprint density at radius 2 is 2.22 bits per heavy atom. The van der Waals surface area contributed by atoms with Crippen LogP contribution in [0.25, 0.3) is 0 Å². The summed E-state index contributed by atoms with van der Waals surface area (Å²) in [6.45, 7) is 0.437. The van der Waals surface area contributed by atoms with Crippen molar-refractivity contribution in [1.29, 1.82) is 0 Å². The SMILES string of the molecule is CN(Cc1ccco1)C(=O)Nc1cccc(Br)c1. The maximum absolute atomic E-state index is 11.9. The van der Waals surface area contributed by atoms with Crippen LogP contribution in [0.2, 0.25) is 0 Å². The summed E-state index contributed by atoms with van der Waals surface area (Å²) in [5.74, 6) is 0.752. The highest BCUT2D eigenvalue weighted by Gasteiger charge is 2.10. The number of amides is 2. The molecule has 0 aliphatic carbocycles. The molecule has 2 aromatic rings. The Hall–Kier alpha value is -1.75. The molecule has 4 nitrogen and oxygen atoms in total. The average Bonchev–Trinajstić information content (AvgIpc) is 2.81. The van der Waals surface area contributed by atoms with E-state index in [1.165, 1.54) is 0 Å². The standard InChI is InChI=1S/C13H13BrN2O2/c1-16(9-12-6-3-7-18-12)13(17)15-11-5-2-4-10(14)8-11/h2-8H,9H2,1H3,(H,15,17). The maximum atomic E-state index is 11.9. The first kappa shape index (κ1) is 12.7. The Kier molecular flexibility index (Phi) is 4.04. The van der Waals surface area contributed by atoms with E-state index in [2.05, 4.69) is 21.2 Å². The Morgan fingerprint density at radius 3 is 2.89 bits per heavy atom. The number of nitrogens with zero attached hydrogens (tertiary/aromatic N) is 1. The topological polar surface area (TPSA) is 45.5 Å². The molecule has 0 saturated carbocycles. The van der Waals surface area contributed by atoms with E-state index in [4.69, 9.17) is 4.42 Å². The van der Waals surface area contributed by atoms with Crippen molar-refractivity contribution in [2.75, 3.05) is 12.4 Å². The zero-order valence-corrected chi connectivity index (χ0v) is 11.5. The molecule has 0 radical (unpaired) electrons. The molecule has 94 valence electrons. The Bertz CT molecular complexity index is 526. The summed E-state index contributed by atoms with van der Waals surface area (Å²) in [5, 5.41) is 2.81. The molecular formula is C13H13BrN2O2. The van der Waals surface area contributed by atoms with Gasteiger partial charge in [-0.25, -0.2) is 4.79 Å². The zero-order chi connectivity index (χ0) is 13.0. The number of benzene rings is 1. The van der Waals surface area contributed by atoms with Gasteiger partial charge in [-0.2, -0.15) is 0 Å². The molecule has 5 heteroatoms. The second-order valence-electron chi connectivity index (χ2n) is 3.88. The van der Waals surface area contributed by atoms with Crippen molar-refractivity contribution in [2.45, 2.75) is 6.54 Å². The predicted octanol–water partition coefficient (Wildman–Crippen LogP) is 3.71. The van der Waals surface area contributed by atoms with Crippen LogP contribution < -0.4 is 5.32 Å². The molecule has 1 aromatic carbocycles. The number of halogens is 1. The third-order valence-corrected chi connectivity index (χ3v) is 2.89. The van der Waals surface area contributed by atoms with Gasteiger partial charge in [-0.15, -0.1) is 0 Å². The molecule has 0 spiro atoms. The summed E-state index contributed by atoms with van der Waals surface area (Å²) < 4.78 is 6.12. The molecule has 2 amide bonds. The Morgan fingerprint density at radius 1 is 1.39 bits per heavy atom. The van der Waals surface area contributed by atoms with Crippen LogP contribution in [0.4, 0.5) is 10.5 Å². The molecule has 18 heavy (non-hydrogen) atoms. The molecule has 0 unspecified atom stereocenters. The number of furan rings is 1. The quantitative estimate of drug-likeness (QED) is 0.939. The minimum Gasteiger partial charge on any atom is -0.467 e. The minimum absolute atomic E-state index is 0.176. The predicted molar refractivity (Wildman–Crippen MR) is 73.3 cm³/mol. The Balaban J connectivity index is 1.95. The van der Waals surface area contributed by atoms with E-state index in [0.29, 0.717) is 6.54 Å². The van der Waals surface area contributed by atoms with E-state index in [1.54, 1.807) is 24.3 Å². The van der Waals surface area contributed by atoms with Crippen LogP contribution in [0.5, 0.6) is 0 Å². The van der Waals surface area contributed by atoms with Crippen LogP contribution in [0.1, 0.15) is 5.76 Å². The third kappa shape index (κ3) is 3.37. The van der Waals surface area contributed by atoms with E-state index in [0.717, 1.165) is 15.9 Å². The van der Waals surface area contributed by atoms with Gasteiger partial charge in [-0.3, -0.25) is 0 Å². The van der Waals surface area contributed by atoms with Crippen LogP contribution in [0, 0.1) is 0 Å². The van der Waals surface area contributed by atoms with Crippen LogP contribution in [0.15, 0.2) is 51.6 Å². The Labute approximate surface area is 114 Å². The molecule has 0 fully saturated rings. The van der Waals surface area contributed by atoms with Gasteiger partial charge in [0, 0.05) is 17.2 Å². The van der Waals surface area contributed by atoms with Crippen molar-refractivity contribution in [2.24, 2.45) is 0 Å². The fraction of sp³-hybridized carbons (Fsp3) is 0.154. The number of hydrogen-bond acceptors (Lipinski definition) is 2. The van der Waals surface area contributed by atoms with Gasteiger partial charge in [0.25, 0.3) is 0 Å². The van der Waals surface area contributed by atoms with Crippen molar-refractivity contribution in [3.8, 4) is 0 Å². The zero-order valence-electron chi connectivity index (χ0n) is 9.89. The van der Waals surface area contributed by atoms with E-state index in [1.807, 2.05) is 30.3 Å². The van der Waals surface area contributed by atoms with E-state index < -0.39 is 0 Å². The average molecular weight is 309 g/mol. The lowest BCUT2D eigenvalue weighted by Gasteiger charge is -2.16. The first-order chi connectivity index (χ1) is 8.65. The highest BCUT2D eigenvalue weighted by atomic mass is 79.9. The molecule has 0 bridgehead atoms. The molecule has 1 aromatic heterocycles. The fourth-order valence-electron chi connectivity index (χ4n) is 1.49. The summed E-state index contributed by atoms with van der Waals surface area (Å²) in [7, 11) is 1.72. The lowest BCUT2D eigenvalue weighted by Crippen LogP contribution is -2.30. The largest absolute Gasteiger partial charge is 0.467 e. The fourth-order valence-corrected chi connectivity index (χ4v) is 1.89. The maximum Gasteiger partial charge on any atom is 0.321 e. The summed E-state index contributed by atoms with van der Waals surface area (Å²) >= 11 is 3.36. The summed E-state index contributed by atoms with van der Waals surface area (Å²) in [4.78, 5) is 13.5. The van der Waals surface area contributed by atoms with Gasteiger partial charge in [0.15, 0.2) is 0 Å². The van der Waals surface area contributed by atoms with Crippen molar-refractivity contribution in [3.05, 3.63) is 52.9 Å². The molecule has 0 aliphatic rings. The normalized spacial score (nSPS) is 10.1. The summed E-state index contributed by atoms with van der Waals surface area (Å²) in [5.41, 5.74) is 0.751. The van der Waals surface area contributed by atoms with Crippen LogP contribution in [-0.4, -0.2) is 18.0 Å². The number of hydrogen-bond donors (Lipinski definition) is 1. The van der Waals surface area contributed by atoms with Crippen LogP contribution in [-0.2, 0) is 6.54 Å². The monoisotopic (exact) mass is 308 g/mol. The van der Waals surface area contributed by atoms with Crippen molar-refractivity contribution >= 4 is 27.6 Å². The highest BCUT2D eigenvalue weighted by molar-refractivity contribution is 9.10. The van der Waals surface area contributed by atoms with Crippen molar-refractivity contribution < 1.29 is 9.21 Å². The summed E-state index contributed by atoms with van der Waals surface area (Å²) in [6, 6.07) is 10.9. The molecule has 2 rings (SSSR count). The van der Waals surface area contributed by atoms with Gasteiger partial charge in [0.2, 0.25) is 0 Å². The lowest BCUT2D eigenvalue weighted by atomic mass is 10.3. The number of anilines is 1. The minimum atomic E-state index is -0.176. The van der Waals surface area contributed by atoms with Gasteiger partial charge in [-0.1, -0.05) is 22.0 Å². The number of rotatable bonds is 3. The van der Waals surface area contributed by atoms with Gasteiger partial charge in [-0.05, 0) is 30.3 Å². The molecule has 0 aliphatic heterocycles. The number of carbonyl (C=O) groups excluding carboxylic acids is 1. The molecule has 1 heterocycles. The van der Waals surface area contributed by atoms with E-state index in [9.17, 15) is 4.79 Å². The van der Waals surface area contributed by atoms with E-state index in [-0.39, 0.29) is 6.03 Å². The van der Waals surface area contributed by atoms with Crippen LogP contribution >= 0.6 is 15.9 Å². The molecular weight excluding hydrogens is 296 g/mol. The smallest absolute Gasteiger partial charge is 0.321 e. The highest BCUT2D eigenvalue weighted by Crippen LogP contribution is 2.16. The van der Waals surface area contributed by atoms with E-state index >= 15 is 0 Å². The van der Waals surface area contributed by atoms with Crippen molar-refractivity contribution in [1.82, 2.24) is 4.90 Å². The molecule has 1 N–H and O–H groups in total. The van der Waals surface area contributed by atoms with Gasteiger partial charge in [0.05, 0.1) is 12.8 Å². The number of nitrogens with one attached hydrogen (secondary N) is 1. The van der Waals surface area contributed by atoms with Gasteiger partial charge in [0.1, 0.15) is 5.76 Å². The third-order valence-electron chi connectivity index (χ3n) is 2.40. The second kappa shape index (κ2) is 5.73. The molecule has 0 saturated heterocycles. The molecule has 0 atom stereocenters. The number of carbonyl (C=O) groups is 1. The second-order valence-corrected chi connectivity index (χ2v) is 4.79. The van der Waals surface area contributed by atoms with Gasteiger partial charge < -0.3 is 14.6 Å². The van der Waals surface area contributed by atoms with Crippen molar-refractivity contribution in [3.63, 3.8) is 0 Å². The van der Waals surface area contributed by atoms with Crippen LogP contribution in [0.3, 0.4) is 0 Å². The number of urea groups is 1. The first-order valence-electron chi connectivity index (χ1n) is 5.45. The first-order valence-corrected chi connectivity index (χ1v) is 6.24.